The van der Waals surface area contributed by atoms with Crippen LogP contribution >= 0.6 is 0 Å². The zero-order valence-electron chi connectivity index (χ0n) is 11.8. The van der Waals surface area contributed by atoms with Gasteiger partial charge in [-0.2, -0.15) is 0 Å². The van der Waals surface area contributed by atoms with Gasteiger partial charge >= 0.3 is 0 Å². The van der Waals surface area contributed by atoms with Crippen LogP contribution in [0, 0.1) is 0 Å². The molecular formula is C16H20N2O2. The standard InChI is InChI=1S/C16H20N2O2/c1-3-16(2,10-19)18-15(20)13-8-11-6-4-5-7-12(11)9-14(13)17/h4-9,19H,3,10,17H2,1-2H3,(H,18,20). The molecule has 1 unspecified atom stereocenters. The Hall–Kier alpha value is -2.07. The van der Waals surface area contributed by atoms with Crippen molar-refractivity contribution in [3.05, 3.63) is 42.0 Å². The molecule has 4 nitrogen and oxygen atoms in total. The molecule has 0 saturated carbocycles. The Kier molecular flexibility index (Phi) is 3.95. The number of benzene rings is 2. The van der Waals surface area contributed by atoms with Crippen LogP contribution in [0.25, 0.3) is 10.8 Å². The van der Waals surface area contributed by atoms with Gasteiger partial charge in [-0.05, 0) is 36.2 Å². The first-order chi connectivity index (χ1) is 9.49. The number of nitrogens with one attached hydrogen (secondary N) is 1. The Morgan fingerprint density at radius 1 is 1.30 bits per heavy atom. The number of carbonyl (C=O) groups excluding carboxylic acids is 1. The van der Waals surface area contributed by atoms with Gasteiger partial charge in [0.1, 0.15) is 0 Å². The fourth-order valence-electron chi connectivity index (χ4n) is 2.04. The summed E-state index contributed by atoms with van der Waals surface area (Å²) < 4.78 is 0. The van der Waals surface area contributed by atoms with Crippen LogP contribution in [-0.2, 0) is 0 Å². The molecule has 0 fully saturated rings. The van der Waals surface area contributed by atoms with Crippen LogP contribution in [0.3, 0.4) is 0 Å². The lowest BCUT2D eigenvalue weighted by Crippen LogP contribution is -2.48. The fourth-order valence-corrected chi connectivity index (χ4v) is 2.04. The predicted octanol–water partition coefficient (Wildman–Crippen LogP) is 2.31. The first-order valence-corrected chi connectivity index (χ1v) is 6.71. The van der Waals surface area contributed by atoms with Crippen molar-refractivity contribution in [3.63, 3.8) is 0 Å². The summed E-state index contributed by atoms with van der Waals surface area (Å²) in [5, 5.41) is 14.2. The summed E-state index contributed by atoms with van der Waals surface area (Å²) in [6, 6.07) is 11.3. The summed E-state index contributed by atoms with van der Waals surface area (Å²) in [5.74, 6) is -0.258. The summed E-state index contributed by atoms with van der Waals surface area (Å²) in [5.41, 5.74) is 6.22. The SMILES string of the molecule is CCC(C)(CO)NC(=O)c1cc2ccccc2cc1N. The van der Waals surface area contributed by atoms with Gasteiger partial charge in [0, 0.05) is 5.69 Å². The molecule has 1 amide bonds. The van der Waals surface area contributed by atoms with E-state index in [1.807, 2.05) is 38.1 Å². The maximum absolute atomic E-state index is 12.3. The van der Waals surface area contributed by atoms with E-state index < -0.39 is 5.54 Å². The van der Waals surface area contributed by atoms with Crippen LogP contribution in [0.5, 0.6) is 0 Å². The number of nitrogens with two attached hydrogens (primary N) is 1. The van der Waals surface area contributed by atoms with E-state index in [1.165, 1.54) is 0 Å². The van der Waals surface area contributed by atoms with E-state index in [0.29, 0.717) is 17.7 Å². The van der Waals surface area contributed by atoms with E-state index in [-0.39, 0.29) is 12.5 Å². The number of anilines is 1. The highest BCUT2D eigenvalue weighted by atomic mass is 16.3. The zero-order chi connectivity index (χ0) is 14.8. The quantitative estimate of drug-likeness (QED) is 0.748. The van der Waals surface area contributed by atoms with Crippen molar-refractivity contribution in [2.24, 2.45) is 0 Å². The molecule has 2 aromatic rings. The topological polar surface area (TPSA) is 75.3 Å². The molecule has 0 aliphatic heterocycles. The van der Waals surface area contributed by atoms with Crippen molar-refractivity contribution in [1.82, 2.24) is 5.32 Å². The summed E-state index contributed by atoms with van der Waals surface area (Å²) >= 11 is 0. The molecule has 20 heavy (non-hydrogen) atoms. The molecule has 0 aliphatic rings. The Morgan fingerprint density at radius 2 is 1.90 bits per heavy atom. The second-order valence-electron chi connectivity index (χ2n) is 5.31. The second-order valence-corrected chi connectivity index (χ2v) is 5.31. The molecule has 4 heteroatoms. The molecule has 1 atom stereocenters. The van der Waals surface area contributed by atoms with Crippen LogP contribution in [-0.4, -0.2) is 23.2 Å². The van der Waals surface area contributed by atoms with Crippen molar-refractivity contribution in [2.75, 3.05) is 12.3 Å². The number of fused-ring (bicyclic) bond motifs is 1. The molecule has 0 aliphatic carbocycles. The third-order valence-corrected chi connectivity index (χ3v) is 3.71. The predicted molar refractivity (Wildman–Crippen MR) is 81.6 cm³/mol. The fraction of sp³-hybridized carbons (Fsp3) is 0.312. The van der Waals surface area contributed by atoms with Gasteiger partial charge in [0.05, 0.1) is 17.7 Å². The highest BCUT2D eigenvalue weighted by molar-refractivity contribution is 6.04. The van der Waals surface area contributed by atoms with Gasteiger partial charge in [-0.3, -0.25) is 4.79 Å². The summed E-state index contributed by atoms with van der Waals surface area (Å²) in [4.78, 5) is 12.3. The van der Waals surface area contributed by atoms with Gasteiger partial charge in [0.15, 0.2) is 0 Å². The molecule has 2 aromatic carbocycles. The lowest BCUT2D eigenvalue weighted by atomic mass is 9.98. The molecule has 0 radical (unpaired) electrons. The Morgan fingerprint density at radius 3 is 2.45 bits per heavy atom. The molecular weight excluding hydrogens is 252 g/mol. The maximum Gasteiger partial charge on any atom is 0.253 e. The van der Waals surface area contributed by atoms with E-state index in [9.17, 15) is 9.90 Å². The Balaban J connectivity index is 2.37. The Bertz CT molecular complexity index is 633. The van der Waals surface area contributed by atoms with Gasteiger partial charge in [0.2, 0.25) is 0 Å². The first-order valence-electron chi connectivity index (χ1n) is 6.71. The summed E-state index contributed by atoms with van der Waals surface area (Å²) in [6.45, 7) is 3.62. The second kappa shape index (κ2) is 5.51. The highest BCUT2D eigenvalue weighted by Crippen LogP contribution is 2.22. The number of hydrogen-bond donors (Lipinski definition) is 3. The van der Waals surface area contributed by atoms with Crippen molar-refractivity contribution >= 4 is 22.4 Å². The maximum atomic E-state index is 12.3. The number of hydrogen-bond acceptors (Lipinski definition) is 3. The molecule has 0 bridgehead atoms. The molecule has 2 rings (SSSR count). The lowest BCUT2D eigenvalue weighted by molar-refractivity contribution is 0.0848. The number of nitrogen functional groups attached to an aromatic ring is 1. The van der Waals surface area contributed by atoms with E-state index >= 15 is 0 Å². The largest absolute Gasteiger partial charge is 0.398 e. The van der Waals surface area contributed by atoms with Crippen molar-refractivity contribution < 1.29 is 9.90 Å². The van der Waals surface area contributed by atoms with Gasteiger partial charge < -0.3 is 16.2 Å². The summed E-state index contributed by atoms with van der Waals surface area (Å²) in [6.07, 6.45) is 0.642. The lowest BCUT2D eigenvalue weighted by Gasteiger charge is -2.27. The average Bonchev–Trinajstić information content (AvgIpc) is 2.46. The van der Waals surface area contributed by atoms with Gasteiger partial charge in [-0.15, -0.1) is 0 Å². The number of rotatable bonds is 4. The minimum Gasteiger partial charge on any atom is -0.398 e. The van der Waals surface area contributed by atoms with E-state index in [4.69, 9.17) is 5.73 Å². The highest BCUT2D eigenvalue weighted by Gasteiger charge is 2.24. The van der Waals surface area contributed by atoms with E-state index in [2.05, 4.69) is 5.32 Å². The first kappa shape index (κ1) is 14.3. The molecule has 0 saturated heterocycles. The van der Waals surface area contributed by atoms with Crippen LogP contribution < -0.4 is 11.1 Å². The van der Waals surface area contributed by atoms with E-state index in [0.717, 1.165) is 10.8 Å². The van der Waals surface area contributed by atoms with Crippen LogP contribution in [0.1, 0.15) is 30.6 Å². The number of carbonyl (C=O) groups is 1. The molecule has 0 aromatic heterocycles. The van der Waals surface area contributed by atoms with Crippen molar-refractivity contribution in [3.8, 4) is 0 Å². The van der Waals surface area contributed by atoms with Gasteiger partial charge in [-0.1, -0.05) is 31.2 Å². The van der Waals surface area contributed by atoms with Crippen LogP contribution in [0.15, 0.2) is 36.4 Å². The van der Waals surface area contributed by atoms with Crippen molar-refractivity contribution in [2.45, 2.75) is 25.8 Å². The average molecular weight is 272 g/mol. The van der Waals surface area contributed by atoms with Crippen LogP contribution in [0.4, 0.5) is 5.69 Å². The molecule has 4 N–H and O–H groups in total. The number of amides is 1. The molecule has 0 heterocycles. The minimum absolute atomic E-state index is 0.108. The normalized spacial score (nSPS) is 13.9. The third-order valence-electron chi connectivity index (χ3n) is 3.71. The zero-order valence-corrected chi connectivity index (χ0v) is 11.8. The van der Waals surface area contributed by atoms with Crippen molar-refractivity contribution in [1.29, 1.82) is 0 Å². The molecule has 106 valence electrons. The van der Waals surface area contributed by atoms with Gasteiger partial charge in [-0.25, -0.2) is 0 Å². The summed E-state index contributed by atoms with van der Waals surface area (Å²) in [7, 11) is 0. The van der Waals surface area contributed by atoms with E-state index in [1.54, 1.807) is 12.1 Å². The number of aliphatic hydroxyl groups excluding tert-OH is 1. The number of aliphatic hydroxyl groups is 1. The smallest absolute Gasteiger partial charge is 0.253 e. The Labute approximate surface area is 118 Å². The monoisotopic (exact) mass is 272 g/mol. The minimum atomic E-state index is -0.630. The van der Waals surface area contributed by atoms with Crippen LogP contribution in [0.2, 0.25) is 0 Å². The molecule has 0 spiro atoms. The van der Waals surface area contributed by atoms with Gasteiger partial charge in [0.25, 0.3) is 5.91 Å². The third kappa shape index (κ3) is 2.75.